The van der Waals surface area contributed by atoms with Crippen molar-refractivity contribution in [2.75, 3.05) is 19.7 Å². The maximum absolute atomic E-state index is 12.4. The van der Waals surface area contributed by atoms with Crippen LogP contribution in [0.4, 0.5) is 0 Å². The largest absolute Gasteiger partial charge is 0.376 e. The summed E-state index contributed by atoms with van der Waals surface area (Å²) in [6.07, 6.45) is 4.07. The first-order chi connectivity index (χ1) is 11.1. The van der Waals surface area contributed by atoms with E-state index < -0.39 is 0 Å². The fourth-order valence-corrected chi connectivity index (χ4v) is 2.94. The molecule has 3 unspecified atom stereocenters. The van der Waals surface area contributed by atoms with Crippen molar-refractivity contribution in [1.29, 1.82) is 0 Å². The number of nitrogens with zero attached hydrogens (tertiary/aromatic N) is 1. The summed E-state index contributed by atoms with van der Waals surface area (Å²) >= 11 is 0. The summed E-state index contributed by atoms with van der Waals surface area (Å²) in [7, 11) is 0. The number of rotatable bonds is 8. The fraction of sp³-hybridized carbons (Fsp3) is 0.632. The molecule has 1 saturated heterocycles. The van der Waals surface area contributed by atoms with Crippen LogP contribution in [-0.2, 0) is 16.0 Å². The minimum atomic E-state index is -0.378. The maximum Gasteiger partial charge on any atom is 0.239 e. The van der Waals surface area contributed by atoms with Crippen LogP contribution in [0, 0.1) is 5.92 Å². The number of ether oxygens (including phenoxy) is 1. The molecule has 1 heterocycles. The molecule has 1 aromatic carbocycles. The third-order valence-electron chi connectivity index (χ3n) is 4.81. The second-order valence-electron chi connectivity index (χ2n) is 6.57. The molecule has 23 heavy (non-hydrogen) atoms. The number of hydrogen-bond donors (Lipinski definition) is 1. The molecule has 0 spiro atoms. The zero-order chi connectivity index (χ0) is 16.7. The van der Waals surface area contributed by atoms with E-state index in [1.807, 2.05) is 17.9 Å². The topological polar surface area (TPSA) is 55.6 Å². The van der Waals surface area contributed by atoms with Gasteiger partial charge in [0, 0.05) is 19.7 Å². The smallest absolute Gasteiger partial charge is 0.239 e. The molecule has 2 N–H and O–H groups in total. The number of amides is 1. The van der Waals surface area contributed by atoms with Gasteiger partial charge in [-0.2, -0.15) is 0 Å². The molecule has 0 saturated carbocycles. The molecule has 1 aliphatic heterocycles. The summed E-state index contributed by atoms with van der Waals surface area (Å²) in [4.78, 5) is 14.2. The molecule has 4 heteroatoms. The first kappa shape index (κ1) is 18.0. The van der Waals surface area contributed by atoms with Gasteiger partial charge in [0.1, 0.15) is 0 Å². The van der Waals surface area contributed by atoms with E-state index in [0.29, 0.717) is 6.54 Å². The Morgan fingerprint density at radius 2 is 2.13 bits per heavy atom. The Morgan fingerprint density at radius 1 is 1.39 bits per heavy atom. The van der Waals surface area contributed by atoms with Crippen molar-refractivity contribution < 1.29 is 9.53 Å². The van der Waals surface area contributed by atoms with Crippen molar-refractivity contribution in [2.24, 2.45) is 11.7 Å². The van der Waals surface area contributed by atoms with E-state index >= 15 is 0 Å². The highest BCUT2D eigenvalue weighted by Crippen LogP contribution is 2.17. The number of hydrogen-bond acceptors (Lipinski definition) is 3. The van der Waals surface area contributed by atoms with Gasteiger partial charge in [0.05, 0.1) is 12.1 Å². The van der Waals surface area contributed by atoms with E-state index in [0.717, 1.165) is 38.8 Å². The normalized spacial score (nSPS) is 20.5. The first-order valence-electron chi connectivity index (χ1n) is 8.81. The van der Waals surface area contributed by atoms with Crippen molar-refractivity contribution in [3.63, 3.8) is 0 Å². The number of aryl methyl sites for hydroxylation is 1. The molecule has 3 atom stereocenters. The molecule has 1 aliphatic rings. The first-order valence-corrected chi connectivity index (χ1v) is 8.81. The van der Waals surface area contributed by atoms with Crippen molar-refractivity contribution in [3.05, 3.63) is 35.9 Å². The van der Waals surface area contributed by atoms with E-state index in [9.17, 15) is 4.79 Å². The number of benzene rings is 1. The fourth-order valence-electron chi connectivity index (χ4n) is 2.94. The lowest BCUT2D eigenvalue weighted by Crippen LogP contribution is -2.46. The lowest BCUT2D eigenvalue weighted by atomic mass is 9.99. The lowest BCUT2D eigenvalue weighted by molar-refractivity contribution is -0.133. The molecule has 0 radical (unpaired) electrons. The van der Waals surface area contributed by atoms with Gasteiger partial charge < -0.3 is 15.4 Å². The van der Waals surface area contributed by atoms with Crippen molar-refractivity contribution in [1.82, 2.24) is 4.90 Å². The maximum atomic E-state index is 12.4. The predicted molar refractivity (Wildman–Crippen MR) is 93.1 cm³/mol. The quantitative estimate of drug-likeness (QED) is 0.750. The minimum Gasteiger partial charge on any atom is -0.376 e. The zero-order valence-corrected chi connectivity index (χ0v) is 14.4. The second kappa shape index (κ2) is 9.04. The van der Waals surface area contributed by atoms with Gasteiger partial charge in [-0.3, -0.25) is 4.79 Å². The molecule has 1 amide bonds. The van der Waals surface area contributed by atoms with Crippen LogP contribution in [0.15, 0.2) is 30.3 Å². The highest BCUT2D eigenvalue weighted by molar-refractivity contribution is 5.82. The summed E-state index contributed by atoms with van der Waals surface area (Å²) in [6, 6.07) is 10.1. The minimum absolute atomic E-state index is 0.0785. The lowest BCUT2D eigenvalue weighted by Gasteiger charge is -2.24. The van der Waals surface area contributed by atoms with Gasteiger partial charge in [-0.25, -0.2) is 0 Å². The van der Waals surface area contributed by atoms with Gasteiger partial charge in [-0.05, 0) is 30.7 Å². The number of carbonyl (C=O) groups excluding carboxylic acids is 1. The average Bonchev–Trinajstić information content (AvgIpc) is 3.06. The van der Waals surface area contributed by atoms with Crippen molar-refractivity contribution >= 4 is 5.91 Å². The Kier molecular flexibility index (Phi) is 7.06. The van der Waals surface area contributed by atoms with Crippen LogP contribution in [0.1, 0.15) is 38.7 Å². The van der Waals surface area contributed by atoms with E-state index in [4.69, 9.17) is 10.5 Å². The van der Waals surface area contributed by atoms with Crippen LogP contribution in [0.2, 0.25) is 0 Å². The summed E-state index contributed by atoms with van der Waals surface area (Å²) in [5, 5.41) is 0. The molecule has 0 aromatic heterocycles. The second-order valence-corrected chi connectivity index (χ2v) is 6.57. The van der Waals surface area contributed by atoms with Gasteiger partial charge in [-0.15, -0.1) is 0 Å². The van der Waals surface area contributed by atoms with Gasteiger partial charge in [0.25, 0.3) is 0 Å². The van der Waals surface area contributed by atoms with E-state index in [1.54, 1.807) is 0 Å². The van der Waals surface area contributed by atoms with Gasteiger partial charge in [-0.1, -0.05) is 50.6 Å². The molecular weight excluding hydrogens is 288 g/mol. The van der Waals surface area contributed by atoms with E-state index in [-0.39, 0.29) is 24.0 Å². The molecule has 1 fully saturated rings. The van der Waals surface area contributed by atoms with Gasteiger partial charge in [0.2, 0.25) is 5.91 Å². The van der Waals surface area contributed by atoms with Crippen LogP contribution in [-0.4, -0.2) is 42.6 Å². The molecule has 2 rings (SSSR count). The molecule has 128 valence electrons. The Bertz CT molecular complexity index is 478. The number of likely N-dealkylation sites (tertiary alicyclic amines) is 1. The van der Waals surface area contributed by atoms with Gasteiger partial charge >= 0.3 is 0 Å². The van der Waals surface area contributed by atoms with Crippen LogP contribution in [0.5, 0.6) is 0 Å². The molecule has 0 aliphatic carbocycles. The molecule has 0 bridgehead atoms. The van der Waals surface area contributed by atoms with Crippen molar-refractivity contribution in [2.45, 2.75) is 51.7 Å². The molecular formula is C19H30N2O2. The Hall–Kier alpha value is -1.39. The van der Waals surface area contributed by atoms with Gasteiger partial charge in [0.15, 0.2) is 0 Å². The summed E-state index contributed by atoms with van der Waals surface area (Å²) in [5.41, 5.74) is 7.40. The SMILES string of the molecule is CCC(C)C(N)C(=O)N1CCC(OCCCc2ccccc2)C1. The predicted octanol–water partition coefficient (Wildman–Crippen LogP) is 2.61. The average molecular weight is 318 g/mol. The van der Waals surface area contributed by atoms with E-state index in [2.05, 4.69) is 31.2 Å². The monoisotopic (exact) mass is 318 g/mol. The van der Waals surface area contributed by atoms with E-state index in [1.165, 1.54) is 5.56 Å². The Morgan fingerprint density at radius 3 is 2.83 bits per heavy atom. The summed E-state index contributed by atoms with van der Waals surface area (Å²) < 4.78 is 5.94. The Labute approximate surface area is 140 Å². The summed E-state index contributed by atoms with van der Waals surface area (Å²) in [5.74, 6) is 0.308. The Balaban J connectivity index is 1.66. The van der Waals surface area contributed by atoms with Crippen LogP contribution < -0.4 is 5.73 Å². The third-order valence-corrected chi connectivity index (χ3v) is 4.81. The zero-order valence-electron chi connectivity index (χ0n) is 14.4. The summed E-state index contributed by atoms with van der Waals surface area (Å²) in [6.45, 7) is 6.32. The highest BCUT2D eigenvalue weighted by Gasteiger charge is 2.31. The van der Waals surface area contributed by atoms with Crippen LogP contribution in [0.3, 0.4) is 0 Å². The standard InChI is InChI=1S/C19H30N2O2/c1-3-15(2)18(20)19(22)21-12-11-17(14-21)23-13-7-10-16-8-5-4-6-9-16/h4-6,8-9,15,17-18H,3,7,10-14,20H2,1-2H3. The number of nitrogens with two attached hydrogens (primary N) is 1. The third kappa shape index (κ3) is 5.33. The molecule has 1 aromatic rings. The van der Waals surface area contributed by atoms with Crippen LogP contribution in [0.25, 0.3) is 0 Å². The van der Waals surface area contributed by atoms with Crippen molar-refractivity contribution in [3.8, 4) is 0 Å². The highest BCUT2D eigenvalue weighted by atomic mass is 16.5. The number of carbonyl (C=O) groups is 1. The molecule has 4 nitrogen and oxygen atoms in total. The van der Waals surface area contributed by atoms with Crippen LogP contribution >= 0.6 is 0 Å².